The molecule has 1 aliphatic rings. The molecular formula is C11H23NO. The first-order valence-electron chi connectivity index (χ1n) is 5.17. The highest BCUT2D eigenvalue weighted by molar-refractivity contribution is 4.88. The zero-order valence-electron chi connectivity index (χ0n) is 9.47. The molecule has 0 atom stereocenters. The van der Waals surface area contributed by atoms with Crippen molar-refractivity contribution >= 4 is 0 Å². The van der Waals surface area contributed by atoms with Gasteiger partial charge in [0.15, 0.2) is 0 Å². The molecule has 1 fully saturated rings. The number of terminal acetylenes is 1. The third-order valence-electron chi connectivity index (χ3n) is 1.42. The van der Waals surface area contributed by atoms with Gasteiger partial charge in [0.1, 0.15) is 0 Å². The maximum Gasteiger partial charge on any atom is 0.0600 e. The van der Waals surface area contributed by atoms with Crippen molar-refractivity contribution in [3.8, 4) is 12.3 Å². The van der Waals surface area contributed by atoms with Gasteiger partial charge in [-0.25, -0.2) is 0 Å². The Bertz CT molecular complexity index is 112. The first kappa shape index (κ1) is 15.0. The Morgan fingerprint density at radius 3 is 2.00 bits per heavy atom. The third-order valence-corrected chi connectivity index (χ3v) is 1.42. The quantitative estimate of drug-likeness (QED) is 0.579. The zero-order chi connectivity index (χ0) is 10.5. The summed E-state index contributed by atoms with van der Waals surface area (Å²) >= 11 is 0. The molecular weight excluding hydrogens is 162 g/mol. The van der Waals surface area contributed by atoms with E-state index in [1.54, 1.807) is 0 Å². The third kappa shape index (κ3) is 9.39. The molecule has 0 aromatic heterocycles. The van der Waals surface area contributed by atoms with Crippen molar-refractivity contribution in [2.45, 2.75) is 27.7 Å². The monoisotopic (exact) mass is 185 g/mol. The van der Waals surface area contributed by atoms with Gasteiger partial charge in [-0.05, 0) is 0 Å². The summed E-state index contributed by atoms with van der Waals surface area (Å²) in [6.07, 6.45) is 5.13. The first-order valence-corrected chi connectivity index (χ1v) is 5.17. The van der Waals surface area contributed by atoms with Crippen LogP contribution < -0.4 is 0 Å². The number of hydrogen-bond donors (Lipinski definition) is 0. The highest BCUT2D eigenvalue weighted by Crippen LogP contribution is 1.93. The normalized spacial score (nSPS) is 15.6. The van der Waals surface area contributed by atoms with Crippen LogP contribution in [0.4, 0.5) is 0 Å². The minimum atomic E-state index is 0.767. The average Bonchev–Trinajstić information content (AvgIpc) is 2.26. The molecule has 0 spiro atoms. The van der Waals surface area contributed by atoms with Crippen LogP contribution in [0.5, 0.6) is 0 Å². The summed E-state index contributed by atoms with van der Waals surface area (Å²) in [5, 5.41) is 0. The molecule has 0 unspecified atom stereocenters. The summed E-state index contributed by atoms with van der Waals surface area (Å²) in [6.45, 7) is 12.4. The maximum absolute atomic E-state index is 5.14. The van der Waals surface area contributed by atoms with Gasteiger partial charge in [-0.2, -0.15) is 0 Å². The standard InChI is InChI=1S/C7H11NO.2C2H6/c1-2-3-8-4-6-9-7-5-8;2*1-2/h1H,3-7H2;2*1-2H3. The van der Waals surface area contributed by atoms with Gasteiger partial charge in [0.05, 0.1) is 19.8 Å². The van der Waals surface area contributed by atoms with E-state index in [-0.39, 0.29) is 0 Å². The van der Waals surface area contributed by atoms with E-state index in [0.717, 1.165) is 32.8 Å². The van der Waals surface area contributed by atoms with E-state index in [1.165, 1.54) is 0 Å². The largest absolute Gasteiger partial charge is 0.379 e. The fourth-order valence-electron chi connectivity index (χ4n) is 0.888. The Labute approximate surface area is 83.3 Å². The number of morpholine rings is 1. The van der Waals surface area contributed by atoms with E-state index < -0.39 is 0 Å². The molecule has 0 radical (unpaired) electrons. The van der Waals surface area contributed by atoms with Gasteiger partial charge in [0, 0.05) is 13.1 Å². The Morgan fingerprint density at radius 1 is 1.15 bits per heavy atom. The van der Waals surface area contributed by atoms with Crippen LogP contribution >= 0.6 is 0 Å². The van der Waals surface area contributed by atoms with Gasteiger partial charge < -0.3 is 4.74 Å². The summed E-state index contributed by atoms with van der Waals surface area (Å²) in [5.74, 6) is 2.61. The Hall–Kier alpha value is -0.520. The molecule has 1 heterocycles. The van der Waals surface area contributed by atoms with E-state index >= 15 is 0 Å². The maximum atomic E-state index is 5.14. The van der Waals surface area contributed by atoms with Crippen LogP contribution in [-0.4, -0.2) is 37.7 Å². The van der Waals surface area contributed by atoms with Crippen LogP contribution in [-0.2, 0) is 4.74 Å². The SMILES string of the molecule is C#CCN1CCOCC1.CC.CC. The number of hydrogen-bond acceptors (Lipinski definition) is 2. The van der Waals surface area contributed by atoms with Crippen LogP contribution in [0.3, 0.4) is 0 Å². The van der Waals surface area contributed by atoms with Gasteiger partial charge in [-0.1, -0.05) is 33.6 Å². The van der Waals surface area contributed by atoms with Crippen LogP contribution in [0.2, 0.25) is 0 Å². The minimum absolute atomic E-state index is 0.767. The molecule has 0 aromatic rings. The summed E-state index contributed by atoms with van der Waals surface area (Å²) < 4.78 is 5.14. The van der Waals surface area contributed by atoms with Crippen molar-refractivity contribution in [3.05, 3.63) is 0 Å². The van der Waals surface area contributed by atoms with Gasteiger partial charge in [0.2, 0.25) is 0 Å². The number of ether oxygens (including phenoxy) is 1. The molecule has 0 amide bonds. The smallest absolute Gasteiger partial charge is 0.0600 e. The van der Waals surface area contributed by atoms with Crippen molar-refractivity contribution in [2.75, 3.05) is 32.8 Å². The molecule has 2 nitrogen and oxygen atoms in total. The lowest BCUT2D eigenvalue weighted by Gasteiger charge is -2.23. The Morgan fingerprint density at radius 2 is 1.62 bits per heavy atom. The molecule has 13 heavy (non-hydrogen) atoms. The second kappa shape index (κ2) is 14.0. The lowest BCUT2D eigenvalue weighted by Crippen LogP contribution is -2.36. The minimum Gasteiger partial charge on any atom is -0.379 e. The van der Waals surface area contributed by atoms with Gasteiger partial charge in [-0.15, -0.1) is 6.42 Å². The Kier molecular flexibility index (Phi) is 16.2. The summed E-state index contributed by atoms with van der Waals surface area (Å²) in [7, 11) is 0. The zero-order valence-corrected chi connectivity index (χ0v) is 9.47. The molecule has 1 aliphatic heterocycles. The molecule has 0 saturated carbocycles. The van der Waals surface area contributed by atoms with Crippen molar-refractivity contribution < 1.29 is 4.74 Å². The van der Waals surface area contributed by atoms with Crippen LogP contribution in [0, 0.1) is 12.3 Å². The van der Waals surface area contributed by atoms with E-state index in [4.69, 9.17) is 11.2 Å². The first-order chi connectivity index (χ1) is 6.43. The van der Waals surface area contributed by atoms with Crippen molar-refractivity contribution in [1.29, 1.82) is 0 Å². The van der Waals surface area contributed by atoms with Crippen molar-refractivity contribution in [1.82, 2.24) is 4.90 Å². The van der Waals surface area contributed by atoms with E-state index in [9.17, 15) is 0 Å². The topological polar surface area (TPSA) is 12.5 Å². The average molecular weight is 185 g/mol. The molecule has 0 aromatic carbocycles. The second-order valence-electron chi connectivity index (χ2n) is 2.09. The molecule has 1 saturated heterocycles. The second-order valence-corrected chi connectivity index (χ2v) is 2.09. The van der Waals surface area contributed by atoms with Crippen molar-refractivity contribution in [3.63, 3.8) is 0 Å². The lowest BCUT2D eigenvalue weighted by molar-refractivity contribution is 0.0444. The Balaban J connectivity index is 0. The van der Waals surface area contributed by atoms with Crippen LogP contribution in [0.15, 0.2) is 0 Å². The predicted octanol–water partition coefficient (Wildman–Crippen LogP) is 2.00. The highest BCUT2D eigenvalue weighted by Gasteiger charge is 2.06. The lowest BCUT2D eigenvalue weighted by atomic mass is 10.4. The molecule has 0 bridgehead atoms. The summed E-state index contributed by atoms with van der Waals surface area (Å²) in [6, 6.07) is 0. The van der Waals surface area contributed by atoms with Gasteiger partial charge in [-0.3, -0.25) is 4.90 Å². The molecule has 0 N–H and O–H groups in total. The van der Waals surface area contributed by atoms with Crippen molar-refractivity contribution in [2.24, 2.45) is 0 Å². The molecule has 0 aliphatic carbocycles. The highest BCUT2D eigenvalue weighted by atomic mass is 16.5. The summed E-state index contributed by atoms with van der Waals surface area (Å²) in [5.41, 5.74) is 0. The summed E-state index contributed by atoms with van der Waals surface area (Å²) in [4.78, 5) is 2.21. The van der Waals surface area contributed by atoms with E-state index in [2.05, 4.69) is 10.8 Å². The number of nitrogens with zero attached hydrogens (tertiary/aromatic N) is 1. The number of rotatable bonds is 1. The van der Waals surface area contributed by atoms with Crippen LogP contribution in [0.25, 0.3) is 0 Å². The molecule has 78 valence electrons. The predicted molar refractivity (Wildman–Crippen MR) is 58.8 cm³/mol. The van der Waals surface area contributed by atoms with Crippen LogP contribution in [0.1, 0.15) is 27.7 Å². The van der Waals surface area contributed by atoms with Gasteiger partial charge >= 0.3 is 0 Å². The fourth-order valence-corrected chi connectivity index (χ4v) is 0.888. The van der Waals surface area contributed by atoms with E-state index in [0.29, 0.717) is 0 Å². The molecule has 1 rings (SSSR count). The fraction of sp³-hybridized carbons (Fsp3) is 0.818. The van der Waals surface area contributed by atoms with E-state index in [1.807, 2.05) is 27.7 Å². The van der Waals surface area contributed by atoms with Gasteiger partial charge in [0.25, 0.3) is 0 Å². The molecule has 2 heteroatoms.